The first-order chi connectivity index (χ1) is 17.7. The van der Waals surface area contributed by atoms with Gasteiger partial charge in [0.25, 0.3) is 0 Å². The van der Waals surface area contributed by atoms with Crippen LogP contribution in [-0.2, 0) is 5.60 Å². The summed E-state index contributed by atoms with van der Waals surface area (Å²) in [6.45, 7) is 6.95. The SMILES string of the molecule is C[C@@H](Nc1c(Cl)cnc2ccc(-c3cnc(C(C)(C)O)nc3)cc12)c1cc(C2=CCNCC2)ccc1F. The predicted octanol–water partition coefficient (Wildman–Crippen LogP) is 6.26. The number of rotatable bonds is 6. The smallest absolute Gasteiger partial charge is 0.159 e. The fraction of sp³-hybridized carbons (Fsp3) is 0.276. The van der Waals surface area contributed by atoms with Gasteiger partial charge in [-0.3, -0.25) is 4.98 Å². The molecule has 190 valence electrons. The Labute approximate surface area is 220 Å². The van der Waals surface area contributed by atoms with E-state index in [1.807, 2.05) is 37.3 Å². The van der Waals surface area contributed by atoms with Crippen LogP contribution in [0.25, 0.3) is 27.6 Å². The molecule has 0 bridgehead atoms. The second kappa shape index (κ2) is 10.2. The van der Waals surface area contributed by atoms with Crippen LogP contribution in [0.4, 0.5) is 10.1 Å². The third-order valence-electron chi connectivity index (χ3n) is 6.61. The van der Waals surface area contributed by atoms with Gasteiger partial charge in [0.1, 0.15) is 11.4 Å². The number of halogens is 2. The molecule has 3 heterocycles. The van der Waals surface area contributed by atoms with E-state index in [1.165, 1.54) is 11.6 Å². The van der Waals surface area contributed by atoms with Crippen LogP contribution < -0.4 is 10.6 Å². The molecular weight excluding hydrogens is 489 g/mol. The summed E-state index contributed by atoms with van der Waals surface area (Å²) in [6, 6.07) is 10.8. The van der Waals surface area contributed by atoms with E-state index in [1.54, 1.807) is 32.4 Å². The quantitative estimate of drug-likeness (QED) is 0.280. The first-order valence-electron chi connectivity index (χ1n) is 12.3. The highest BCUT2D eigenvalue weighted by atomic mass is 35.5. The number of anilines is 1. The zero-order valence-corrected chi connectivity index (χ0v) is 21.8. The maximum absolute atomic E-state index is 15.0. The summed E-state index contributed by atoms with van der Waals surface area (Å²) in [5.41, 5.74) is 4.82. The highest BCUT2D eigenvalue weighted by Gasteiger charge is 2.20. The number of fused-ring (bicyclic) bond motifs is 1. The highest BCUT2D eigenvalue weighted by Crippen LogP contribution is 2.36. The molecule has 4 aromatic rings. The van der Waals surface area contributed by atoms with Crippen LogP contribution in [0.1, 0.15) is 50.2 Å². The molecule has 3 N–H and O–H groups in total. The third-order valence-corrected chi connectivity index (χ3v) is 6.90. The summed E-state index contributed by atoms with van der Waals surface area (Å²) in [5.74, 6) is 0.0833. The van der Waals surface area contributed by atoms with Gasteiger partial charge >= 0.3 is 0 Å². The highest BCUT2D eigenvalue weighted by molar-refractivity contribution is 6.34. The lowest BCUT2D eigenvalue weighted by atomic mass is 9.96. The van der Waals surface area contributed by atoms with Crippen LogP contribution in [0.15, 0.2) is 61.1 Å². The Balaban J connectivity index is 1.50. The molecule has 1 aliphatic rings. The lowest BCUT2D eigenvalue weighted by Gasteiger charge is -2.21. The maximum atomic E-state index is 15.0. The Morgan fingerprint density at radius 1 is 1.03 bits per heavy atom. The number of aromatic nitrogens is 3. The van der Waals surface area contributed by atoms with Crippen molar-refractivity contribution < 1.29 is 9.50 Å². The van der Waals surface area contributed by atoms with E-state index in [-0.39, 0.29) is 11.9 Å². The predicted molar refractivity (Wildman–Crippen MR) is 147 cm³/mol. The second-order valence-electron chi connectivity index (χ2n) is 9.85. The van der Waals surface area contributed by atoms with Crippen LogP contribution >= 0.6 is 11.6 Å². The van der Waals surface area contributed by atoms with Crippen molar-refractivity contribution in [2.75, 3.05) is 18.4 Å². The van der Waals surface area contributed by atoms with E-state index < -0.39 is 5.60 Å². The third kappa shape index (κ3) is 5.34. The standard InChI is InChI=1S/C29H29ClFN5O/c1-17(22-12-19(4-6-25(22)31)18-8-10-32-11-9-18)36-27-23-13-20(5-7-26(23)33-16-24(27)30)21-14-34-28(35-15-21)29(2,3)37/h4-8,12-17,32,37H,9-11H2,1-3H3,(H,33,36)/t17-/m1/s1. The molecule has 8 heteroatoms. The summed E-state index contributed by atoms with van der Waals surface area (Å²) < 4.78 is 15.0. The molecule has 0 unspecified atom stereocenters. The largest absolute Gasteiger partial charge is 0.382 e. The maximum Gasteiger partial charge on any atom is 0.159 e. The van der Waals surface area contributed by atoms with Crippen LogP contribution in [0.3, 0.4) is 0 Å². The Morgan fingerprint density at radius 3 is 2.49 bits per heavy atom. The molecule has 0 amide bonds. The van der Waals surface area contributed by atoms with Crippen molar-refractivity contribution in [3.8, 4) is 11.1 Å². The van der Waals surface area contributed by atoms with Crippen molar-refractivity contribution in [2.24, 2.45) is 0 Å². The van der Waals surface area contributed by atoms with Crippen molar-refractivity contribution in [3.63, 3.8) is 0 Å². The topological polar surface area (TPSA) is 83.0 Å². The number of benzene rings is 2. The van der Waals surface area contributed by atoms with Gasteiger partial charge in [-0.05, 0) is 74.7 Å². The minimum atomic E-state index is -1.12. The molecule has 0 radical (unpaired) electrons. The molecule has 6 nitrogen and oxygen atoms in total. The van der Waals surface area contributed by atoms with Gasteiger partial charge in [0.05, 0.1) is 22.3 Å². The van der Waals surface area contributed by atoms with Gasteiger partial charge in [-0.15, -0.1) is 0 Å². The molecule has 0 fully saturated rings. The zero-order chi connectivity index (χ0) is 26.2. The van der Waals surface area contributed by atoms with E-state index in [0.717, 1.165) is 47.1 Å². The Morgan fingerprint density at radius 2 is 1.78 bits per heavy atom. The minimum absolute atomic E-state index is 0.266. The average Bonchev–Trinajstić information content (AvgIpc) is 2.90. The molecule has 5 rings (SSSR count). The molecule has 2 aromatic heterocycles. The van der Waals surface area contributed by atoms with Gasteiger partial charge in [-0.1, -0.05) is 29.8 Å². The molecule has 0 saturated carbocycles. The van der Waals surface area contributed by atoms with Crippen LogP contribution in [0.2, 0.25) is 5.02 Å². The lowest BCUT2D eigenvalue weighted by Crippen LogP contribution is -2.20. The van der Waals surface area contributed by atoms with E-state index in [4.69, 9.17) is 11.6 Å². The molecule has 0 aliphatic carbocycles. The monoisotopic (exact) mass is 517 g/mol. The van der Waals surface area contributed by atoms with Crippen molar-refractivity contribution in [1.29, 1.82) is 0 Å². The molecule has 0 saturated heterocycles. The number of pyridine rings is 1. The van der Waals surface area contributed by atoms with Crippen LogP contribution in [0, 0.1) is 5.82 Å². The fourth-order valence-corrected chi connectivity index (χ4v) is 4.75. The number of hydrogen-bond acceptors (Lipinski definition) is 6. The van der Waals surface area contributed by atoms with Crippen LogP contribution in [-0.4, -0.2) is 33.1 Å². The molecule has 2 aromatic carbocycles. The Hall–Kier alpha value is -3.39. The summed E-state index contributed by atoms with van der Waals surface area (Å²) in [7, 11) is 0. The molecular formula is C29H29ClFN5O. The van der Waals surface area contributed by atoms with Gasteiger partial charge < -0.3 is 15.7 Å². The van der Waals surface area contributed by atoms with Gasteiger partial charge in [0.2, 0.25) is 0 Å². The van der Waals surface area contributed by atoms with E-state index in [0.29, 0.717) is 22.1 Å². The normalized spacial score (nSPS) is 14.9. The first kappa shape index (κ1) is 25.3. The summed E-state index contributed by atoms with van der Waals surface area (Å²) in [5, 5.41) is 18.2. The Bertz CT molecular complexity index is 1480. The van der Waals surface area contributed by atoms with Gasteiger partial charge in [0, 0.05) is 41.6 Å². The molecule has 1 aliphatic heterocycles. The zero-order valence-electron chi connectivity index (χ0n) is 21.0. The minimum Gasteiger partial charge on any atom is -0.382 e. The van der Waals surface area contributed by atoms with Crippen LogP contribution in [0.5, 0.6) is 0 Å². The van der Waals surface area contributed by atoms with Gasteiger partial charge in [-0.25, -0.2) is 14.4 Å². The van der Waals surface area contributed by atoms with E-state index >= 15 is 0 Å². The van der Waals surface area contributed by atoms with E-state index in [9.17, 15) is 9.50 Å². The molecule has 1 atom stereocenters. The molecule has 37 heavy (non-hydrogen) atoms. The number of nitrogens with zero attached hydrogens (tertiary/aromatic N) is 3. The first-order valence-corrected chi connectivity index (χ1v) is 12.7. The summed E-state index contributed by atoms with van der Waals surface area (Å²) in [4.78, 5) is 13.1. The fourth-order valence-electron chi connectivity index (χ4n) is 4.54. The van der Waals surface area contributed by atoms with Crippen molar-refractivity contribution in [3.05, 3.63) is 88.9 Å². The Kier molecular flexibility index (Phi) is 6.94. The van der Waals surface area contributed by atoms with Gasteiger partial charge in [0.15, 0.2) is 5.82 Å². The second-order valence-corrected chi connectivity index (χ2v) is 10.3. The van der Waals surface area contributed by atoms with Crippen molar-refractivity contribution >= 4 is 33.8 Å². The average molecular weight is 518 g/mol. The van der Waals surface area contributed by atoms with E-state index in [2.05, 4.69) is 31.7 Å². The number of hydrogen-bond donors (Lipinski definition) is 3. The van der Waals surface area contributed by atoms with Gasteiger partial charge in [-0.2, -0.15) is 0 Å². The van der Waals surface area contributed by atoms with Crippen molar-refractivity contribution in [1.82, 2.24) is 20.3 Å². The number of nitrogens with one attached hydrogen (secondary N) is 2. The summed E-state index contributed by atoms with van der Waals surface area (Å²) in [6.07, 6.45) is 8.05. The number of aliphatic hydroxyl groups is 1. The lowest BCUT2D eigenvalue weighted by molar-refractivity contribution is 0.0687. The summed E-state index contributed by atoms with van der Waals surface area (Å²) >= 11 is 6.61. The van der Waals surface area contributed by atoms with Crippen molar-refractivity contribution in [2.45, 2.75) is 38.8 Å². The molecule has 0 spiro atoms.